The zero-order valence-corrected chi connectivity index (χ0v) is 17.2. The number of nitrogens with one attached hydrogen (secondary N) is 1. The topological polar surface area (TPSA) is 62.3 Å². The molecule has 2 aromatic carbocycles. The Bertz CT molecular complexity index is 1020. The number of carbonyl (C=O) groups is 2. The van der Waals surface area contributed by atoms with Gasteiger partial charge in [0.15, 0.2) is 0 Å². The Morgan fingerprint density at radius 2 is 1.62 bits per heavy atom. The second-order valence-corrected chi connectivity index (χ2v) is 7.30. The second-order valence-electron chi connectivity index (χ2n) is 7.30. The largest absolute Gasteiger partial charge is 0.336 e. The summed E-state index contributed by atoms with van der Waals surface area (Å²) in [5, 5.41) is 2.97. The van der Waals surface area contributed by atoms with E-state index in [0.29, 0.717) is 12.1 Å². The van der Waals surface area contributed by atoms with E-state index in [1.54, 1.807) is 18.0 Å². The van der Waals surface area contributed by atoms with Gasteiger partial charge in [0.05, 0.1) is 0 Å². The molecule has 5 nitrogen and oxygen atoms in total. The van der Waals surface area contributed by atoms with Gasteiger partial charge in [0.2, 0.25) is 0 Å². The molecule has 5 heteroatoms. The Morgan fingerprint density at radius 1 is 0.966 bits per heavy atom. The third-order valence-electron chi connectivity index (χ3n) is 4.77. The summed E-state index contributed by atoms with van der Waals surface area (Å²) in [4.78, 5) is 31.3. The van der Waals surface area contributed by atoms with Crippen molar-refractivity contribution in [1.82, 2.24) is 9.88 Å². The lowest BCUT2D eigenvalue weighted by Gasteiger charge is -2.17. The Labute approximate surface area is 171 Å². The summed E-state index contributed by atoms with van der Waals surface area (Å²) in [7, 11) is 1.72. The van der Waals surface area contributed by atoms with Crippen molar-refractivity contribution in [2.24, 2.45) is 0 Å². The molecule has 0 unspecified atom stereocenters. The van der Waals surface area contributed by atoms with E-state index in [4.69, 9.17) is 0 Å². The fourth-order valence-electron chi connectivity index (χ4n) is 3.38. The Balaban J connectivity index is 1.76. The van der Waals surface area contributed by atoms with Crippen molar-refractivity contribution >= 4 is 17.5 Å². The monoisotopic (exact) mass is 387 g/mol. The highest BCUT2D eigenvalue weighted by Crippen LogP contribution is 2.22. The number of rotatable bonds is 5. The van der Waals surface area contributed by atoms with Crippen LogP contribution in [0, 0.1) is 20.8 Å². The number of amides is 2. The van der Waals surface area contributed by atoms with E-state index < -0.39 is 0 Å². The Morgan fingerprint density at radius 3 is 2.28 bits per heavy atom. The molecule has 3 rings (SSSR count). The predicted octanol–water partition coefficient (Wildman–Crippen LogP) is 4.53. The SMILES string of the molecule is Cc1cc(C)c(NC(=O)c2ccnc(C(=O)N(C)Cc3ccccc3)c2)c(C)c1. The zero-order chi connectivity index (χ0) is 21.0. The maximum absolute atomic E-state index is 12.8. The number of pyridine rings is 1. The molecule has 0 saturated heterocycles. The molecular weight excluding hydrogens is 362 g/mol. The van der Waals surface area contributed by atoms with Gasteiger partial charge in [0.25, 0.3) is 11.8 Å². The number of nitrogens with zero attached hydrogens (tertiary/aromatic N) is 2. The van der Waals surface area contributed by atoms with Gasteiger partial charge in [0, 0.05) is 31.0 Å². The van der Waals surface area contributed by atoms with Crippen molar-refractivity contribution < 1.29 is 9.59 Å². The summed E-state index contributed by atoms with van der Waals surface area (Å²) in [6, 6.07) is 17.0. The molecule has 0 aliphatic heterocycles. The van der Waals surface area contributed by atoms with Crippen LogP contribution in [-0.2, 0) is 6.54 Å². The number of anilines is 1. The van der Waals surface area contributed by atoms with Crippen LogP contribution in [0.15, 0.2) is 60.8 Å². The van der Waals surface area contributed by atoms with E-state index in [1.165, 1.54) is 12.3 Å². The summed E-state index contributed by atoms with van der Waals surface area (Å²) in [5.41, 5.74) is 5.63. The molecule has 2 amide bonds. The first-order valence-corrected chi connectivity index (χ1v) is 9.50. The van der Waals surface area contributed by atoms with Crippen molar-refractivity contribution in [3.63, 3.8) is 0 Å². The number of aryl methyl sites for hydroxylation is 3. The summed E-state index contributed by atoms with van der Waals surface area (Å²) < 4.78 is 0. The summed E-state index contributed by atoms with van der Waals surface area (Å²) in [6.45, 7) is 6.43. The van der Waals surface area contributed by atoms with Crippen LogP contribution in [0.25, 0.3) is 0 Å². The minimum Gasteiger partial charge on any atom is -0.336 e. The molecule has 0 atom stereocenters. The number of hydrogen-bond donors (Lipinski definition) is 1. The van der Waals surface area contributed by atoms with Crippen LogP contribution in [0.2, 0.25) is 0 Å². The number of aromatic nitrogens is 1. The van der Waals surface area contributed by atoms with Crippen LogP contribution in [0.5, 0.6) is 0 Å². The third kappa shape index (κ3) is 4.88. The molecule has 0 aliphatic rings. The van der Waals surface area contributed by atoms with Gasteiger partial charge in [-0.1, -0.05) is 48.0 Å². The van der Waals surface area contributed by atoms with Gasteiger partial charge in [-0.25, -0.2) is 0 Å². The molecule has 0 fully saturated rings. The molecule has 148 valence electrons. The predicted molar refractivity (Wildman–Crippen MR) is 115 cm³/mol. The molecule has 1 aromatic heterocycles. The standard InChI is InChI=1S/C24H25N3O2/c1-16-12-17(2)22(18(3)13-16)26-23(28)20-10-11-25-21(14-20)24(29)27(4)15-19-8-6-5-7-9-19/h5-14H,15H2,1-4H3,(H,26,28). The minimum atomic E-state index is -0.262. The average molecular weight is 387 g/mol. The normalized spacial score (nSPS) is 10.5. The van der Waals surface area contributed by atoms with Crippen molar-refractivity contribution in [2.75, 3.05) is 12.4 Å². The minimum absolute atomic E-state index is 0.230. The van der Waals surface area contributed by atoms with E-state index in [9.17, 15) is 9.59 Å². The first-order chi connectivity index (χ1) is 13.8. The van der Waals surface area contributed by atoms with Crippen LogP contribution in [0.1, 0.15) is 43.1 Å². The number of carbonyl (C=O) groups excluding carboxylic acids is 2. The third-order valence-corrected chi connectivity index (χ3v) is 4.77. The lowest BCUT2D eigenvalue weighted by atomic mass is 10.0. The molecule has 0 saturated carbocycles. The van der Waals surface area contributed by atoms with Crippen LogP contribution < -0.4 is 5.32 Å². The Hall–Kier alpha value is -3.47. The first kappa shape index (κ1) is 20.3. The van der Waals surface area contributed by atoms with Crippen molar-refractivity contribution in [2.45, 2.75) is 27.3 Å². The van der Waals surface area contributed by atoms with Gasteiger partial charge in [-0.3, -0.25) is 14.6 Å². The lowest BCUT2D eigenvalue weighted by Crippen LogP contribution is -2.27. The van der Waals surface area contributed by atoms with E-state index in [2.05, 4.69) is 10.3 Å². The molecule has 1 heterocycles. The summed E-state index contributed by atoms with van der Waals surface area (Å²) >= 11 is 0. The van der Waals surface area contributed by atoms with Crippen LogP contribution >= 0.6 is 0 Å². The Kier molecular flexibility index (Phi) is 6.07. The second kappa shape index (κ2) is 8.69. The molecule has 1 N–H and O–H groups in total. The summed E-state index contributed by atoms with van der Waals surface area (Å²) in [5.74, 6) is -0.492. The smallest absolute Gasteiger partial charge is 0.272 e. The van der Waals surface area contributed by atoms with E-state index in [0.717, 1.165) is 27.9 Å². The molecule has 3 aromatic rings. The molecular formula is C24H25N3O2. The molecule has 29 heavy (non-hydrogen) atoms. The van der Waals surface area contributed by atoms with Crippen molar-refractivity contribution in [3.8, 4) is 0 Å². The molecule has 0 aliphatic carbocycles. The number of benzene rings is 2. The quantitative estimate of drug-likeness (QED) is 0.700. The van der Waals surface area contributed by atoms with Crippen LogP contribution in [0.3, 0.4) is 0 Å². The fraction of sp³-hybridized carbons (Fsp3) is 0.208. The maximum atomic E-state index is 12.8. The van der Waals surface area contributed by atoms with Crippen molar-refractivity contribution in [1.29, 1.82) is 0 Å². The van der Waals surface area contributed by atoms with E-state index >= 15 is 0 Å². The van der Waals surface area contributed by atoms with Gasteiger partial charge in [-0.05, 0) is 49.6 Å². The number of hydrogen-bond acceptors (Lipinski definition) is 3. The fourth-order valence-corrected chi connectivity index (χ4v) is 3.38. The zero-order valence-electron chi connectivity index (χ0n) is 17.2. The molecule has 0 spiro atoms. The summed E-state index contributed by atoms with van der Waals surface area (Å²) in [6.07, 6.45) is 1.49. The van der Waals surface area contributed by atoms with Gasteiger partial charge < -0.3 is 10.2 Å². The van der Waals surface area contributed by atoms with Gasteiger partial charge >= 0.3 is 0 Å². The van der Waals surface area contributed by atoms with Gasteiger partial charge in [-0.2, -0.15) is 0 Å². The average Bonchev–Trinajstić information content (AvgIpc) is 2.70. The van der Waals surface area contributed by atoms with Crippen LogP contribution in [0.4, 0.5) is 5.69 Å². The van der Waals surface area contributed by atoms with E-state index in [-0.39, 0.29) is 17.5 Å². The highest BCUT2D eigenvalue weighted by molar-refractivity contribution is 6.06. The first-order valence-electron chi connectivity index (χ1n) is 9.50. The highest BCUT2D eigenvalue weighted by atomic mass is 16.2. The van der Waals surface area contributed by atoms with Crippen molar-refractivity contribution in [3.05, 3.63) is 94.3 Å². The van der Waals surface area contributed by atoms with Gasteiger partial charge in [0.1, 0.15) is 5.69 Å². The van der Waals surface area contributed by atoms with E-state index in [1.807, 2.05) is 63.2 Å². The molecule has 0 radical (unpaired) electrons. The maximum Gasteiger partial charge on any atom is 0.272 e. The lowest BCUT2D eigenvalue weighted by molar-refractivity contribution is 0.0779. The van der Waals surface area contributed by atoms with Crippen LogP contribution in [-0.4, -0.2) is 28.7 Å². The van der Waals surface area contributed by atoms with Gasteiger partial charge in [-0.15, -0.1) is 0 Å². The highest BCUT2D eigenvalue weighted by Gasteiger charge is 2.17. The molecule has 0 bridgehead atoms.